The van der Waals surface area contributed by atoms with Gasteiger partial charge in [-0.15, -0.1) is 22.0 Å². The first-order valence-electron chi connectivity index (χ1n) is 9.37. The molecule has 1 unspecified atom stereocenters. The van der Waals surface area contributed by atoms with Crippen LogP contribution in [0.25, 0.3) is 0 Å². The fourth-order valence-electron chi connectivity index (χ4n) is 2.54. The highest BCUT2D eigenvalue weighted by atomic mass is 32.2. The van der Waals surface area contributed by atoms with E-state index in [2.05, 4.69) is 26.1 Å². The summed E-state index contributed by atoms with van der Waals surface area (Å²) < 4.78 is 0. The summed E-state index contributed by atoms with van der Waals surface area (Å²) >= 11 is 8.15. The molecule has 2 aromatic carbocycles. The zero-order valence-electron chi connectivity index (χ0n) is 17.1. The molecule has 0 saturated carbocycles. The largest absolute Gasteiger partial charge is 0.332 e. The molecular weight excluding hydrogens is 450 g/mol. The number of benzene rings is 2. The highest BCUT2D eigenvalue weighted by Gasteiger charge is 2.16. The lowest BCUT2D eigenvalue weighted by atomic mass is 10.1. The van der Waals surface area contributed by atoms with Crippen LogP contribution in [0.5, 0.6) is 0 Å². The van der Waals surface area contributed by atoms with Crippen molar-refractivity contribution >= 4 is 68.6 Å². The van der Waals surface area contributed by atoms with E-state index < -0.39 is 0 Å². The molecule has 0 radical (unpaired) electrons. The Morgan fingerprint density at radius 1 is 1.03 bits per heavy atom. The zero-order chi connectivity index (χ0) is 22.4. The molecule has 0 saturated heterocycles. The van der Waals surface area contributed by atoms with Crippen LogP contribution in [0, 0.1) is 6.92 Å². The number of nitrogens with one attached hydrogen (secondary N) is 3. The molecule has 3 aromatic rings. The van der Waals surface area contributed by atoms with Gasteiger partial charge < -0.3 is 10.6 Å². The van der Waals surface area contributed by atoms with Gasteiger partial charge in [-0.25, -0.2) is 0 Å². The molecule has 0 spiro atoms. The SMILES string of the molecule is CC(=O)c1ccc(NC(=S)Nc2cccc(SC(C)C(=O)Nc3nnc(C)s3)c2)cc1. The number of aromatic nitrogens is 2. The lowest BCUT2D eigenvalue weighted by Crippen LogP contribution is -2.22. The van der Waals surface area contributed by atoms with Crippen LogP contribution < -0.4 is 16.0 Å². The third-order valence-corrected chi connectivity index (χ3v) is 6.13. The van der Waals surface area contributed by atoms with Gasteiger partial charge in [-0.05, 0) is 75.5 Å². The Labute approximate surface area is 194 Å². The lowest BCUT2D eigenvalue weighted by Gasteiger charge is -2.13. The molecule has 1 heterocycles. The number of hydrogen-bond donors (Lipinski definition) is 3. The van der Waals surface area contributed by atoms with Crippen LogP contribution in [0.3, 0.4) is 0 Å². The van der Waals surface area contributed by atoms with E-state index in [1.54, 1.807) is 24.3 Å². The Balaban J connectivity index is 1.55. The first kappa shape index (κ1) is 22.9. The number of ketones is 1. The monoisotopic (exact) mass is 471 g/mol. The van der Waals surface area contributed by atoms with Crippen molar-refractivity contribution in [1.29, 1.82) is 0 Å². The maximum absolute atomic E-state index is 12.4. The summed E-state index contributed by atoms with van der Waals surface area (Å²) in [5.41, 5.74) is 2.23. The highest BCUT2D eigenvalue weighted by Crippen LogP contribution is 2.27. The van der Waals surface area contributed by atoms with E-state index in [9.17, 15) is 9.59 Å². The molecule has 10 heteroatoms. The number of aryl methyl sites for hydroxylation is 1. The van der Waals surface area contributed by atoms with E-state index in [1.165, 1.54) is 30.0 Å². The van der Waals surface area contributed by atoms with Gasteiger partial charge in [0.15, 0.2) is 10.9 Å². The summed E-state index contributed by atoms with van der Waals surface area (Å²) in [6, 6.07) is 14.8. The molecule has 1 amide bonds. The van der Waals surface area contributed by atoms with Crippen LogP contribution in [0.4, 0.5) is 16.5 Å². The first-order valence-corrected chi connectivity index (χ1v) is 11.5. The fourth-order valence-corrected chi connectivity index (χ4v) is 4.30. The van der Waals surface area contributed by atoms with E-state index in [4.69, 9.17) is 12.2 Å². The molecule has 3 rings (SSSR count). The Morgan fingerprint density at radius 2 is 1.74 bits per heavy atom. The Morgan fingerprint density at radius 3 is 2.39 bits per heavy atom. The number of hydrogen-bond acceptors (Lipinski definition) is 7. The van der Waals surface area contributed by atoms with E-state index in [-0.39, 0.29) is 16.9 Å². The highest BCUT2D eigenvalue weighted by molar-refractivity contribution is 8.00. The van der Waals surface area contributed by atoms with Crippen LogP contribution in [0.1, 0.15) is 29.2 Å². The van der Waals surface area contributed by atoms with Crippen LogP contribution >= 0.6 is 35.3 Å². The second-order valence-electron chi connectivity index (χ2n) is 6.62. The van der Waals surface area contributed by atoms with Crippen molar-refractivity contribution in [3.8, 4) is 0 Å². The number of carbonyl (C=O) groups excluding carboxylic acids is 2. The predicted octanol–water partition coefficient (Wildman–Crippen LogP) is 4.98. The van der Waals surface area contributed by atoms with E-state index in [0.717, 1.165) is 21.3 Å². The smallest absolute Gasteiger partial charge is 0.239 e. The van der Waals surface area contributed by atoms with Crippen molar-refractivity contribution in [3.05, 3.63) is 59.1 Å². The quantitative estimate of drug-likeness (QED) is 0.252. The van der Waals surface area contributed by atoms with Crippen molar-refractivity contribution in [2.45, 2.75) is 30.9 Å². The molecular formula is C21H21N5O2S3. The maximum atomic E-state index is 12.4. The van der Waals surface area contributed by atoms with Crippen molar-refractivity contribution < 1.29 is 9.59 Å². The fraction of sp³-hybridized carbons (Fsp3) is 0.190. The average Bonchev–Trinajstić information content (AvgIpc) is 3.13. The Hall–Kier alpha value is -2.82. The maximum Gasteiger partial charge on any atom is 0.239 e. The van der Waals surface area contributed by atoms with E-state index in [0.29, 0.717) is 15.8 Å². The first-order chi connectivity index (χ1) is 14.8. The van der Waals surface area contributed by atoms with Gasteiger partial charge in [0.25, 0.3) is 0 Å². The minimum atomic E-state index is -0.315. The second-order valence-corrected chi connectivity index (χ2v) is 9.62. The number of anilines is 3. The minimum absolute atomic E-state index is 0.0166. The molecule has 1 aromatic heterocycles. The topological polar surface area (TPSA) is 96.0 Å². The van der Waals surface area contributed by atoms with Gasteiger partial charge >= 0.3 is 0 Å². The van der Waals surface area contributed by atoms with Gasteiger partial charge in [-0.2, -0.15) is 0 Å². The van der Waals surface area contributed by atoms with Crippen LogP contribution in [0.2, 0.25) is 0 Å². The van der Waals surface area contributed by atoms with Crippen LogP contribution in [0.15, 0.2) is 53.4 Å². The molecule has 1 atom stereocenters. The number of Topliss-reactive ketones (excluding diaryl/α,β-unsaturated/α-hetero) is 1. The lowest BCUT2D eigenvalue weighted by molar-refractivity contribution is -0.115. The van der Waals surface area contributed by atoms with Gasteiger partial charge in [0.2, 0.25) is 11.0 Å². The Kier molecular flexibility index (Phi) is 7.72. The molecule has 0 aliphatic heterocycles. The average molecular weight is 472 g/mol. The number of rotatable bonds is 7. The standard InChI is InChI=1S/C21H21N5O2S3/c1-12(27)15-7-9-16(10-8-15)22-20(29)23-17-5-4-6-18(11-17)30-13(2)19(28)24-21-26-25-14(3)31-21/h4-11,13H,1-3H3,(H2,22,23,29)(H,24,26,28). The normalized spacial score (nSPS) is 11.5. The van der Waals surface area contributed by atoms with Gasteiger partial charge in [-0.3, -0.25) is 14.9 Å². The van der Waals surface area contributed by atoms with Crippen molar-refractivity contribution in [2.75, 3.05) is 16.0 Å². The zero-order valence-corrected chi connectivity index (χ0v) is 19.6. The van der Waals surface area contributed by atoms with E-state index >= 15 is 0 Å². The number of amides is 1. The Bertz CT molecular complexity index is 1100. The third kappa shape index (κ3) is 6.84. The van der Waals surface area contributed by atoms with Crippen LogP contribution in [-0.4, -0.2) is 32.3 Å². The van der Waals surface area contributed by atoms with Crippen molar-refractivity contribution in [2.24, 2.45) is 0 Å². The third-order valence-electron chi connectivity index (χ3n) is 4.08. The van der Waals surface area contributed by atoms with Crippen molar-refractivity contribution in [1.82, 2.24) is 10.2 Å². The van der Waals surface area contributed by atoms with Gasteiger partial charge in [0, 0.05) is 21.8 Å². The molecule has 0 aliphatic rings. The summed E-state index contributed by atoms with van der Waals surface area (Å²) in [7, 11) is 0. The molecule has 0 fully saturated rings. The summed E-state index contributed by atoms with van der Waals surface area (Å²) in [6.45, 7) is 5.21. The minimum Gasteiger partial charge on any atom is -0.332 e. The van der Waals surface area contributed by atoms with Crippen molar-refractivity contribution in [3.63, 3.8) is 0 Å². The van der Waals surface area contributed by atoms with Crippen LogP contribution in [-0.2, 0) is 4.79 Å². The summed E-state index contributed by atoms with van der Waals surface area (Å²) in [5, 5.41) is 18.2. The number of nitrogens with zero attached hydrogens (tertiary/aromatic N) is 2. The van der Waals surface area contributed by atoms with Gasteiger partial charge in [0.1, 0.15) is 5.01 Å². The molecule has 0 aliphatic carbocycles. The number of thioether (sulfide) groups is 1. The summed E-state index contributed by atoms with van der Waals surface area (Å²) in [4.78, 5) is 24.7. The molecule has 160 valence electrons. The van der Waals surface area contributed by atoms with Gasteiger partial charge in [-0.1, -0.05) is 17.4 Å². The molecule has 0 bridgehead atoms. The number of carbonyl (C=O) groups is 2. The molecule has 7 nitrogen and oxygen atoms in total. The molecule has 31 heavy (non-hydrogen) atoms. The molecule has 3 N–H and O–H groups in total. The van der Waals surface area contributed by atoms with Gasteiger partial charge in [0.05, 0.1) is 5.25 Å². The van der Waals surface area contributed by atoms with E-state index in [1.807, 2.05) is 38.1 Å². The number of thiocarbonyl (C=S) groups is 1. The second kappa shape index (κ2) is 10.5. The summed E-state index contributed by atoms with van der Waals surface area (Å²) in [5.74, 6) is -0.117. The summed E-state index contributed by atoms with van der Waals surface area (Å²) in [6.07, 6.45) is 0. The predicted molar refractivity (Wildman–Crippen MR) is 131 cm³/mol.